The van der Waals surface area contributed by atoms with Crippen molar-refractivity contribution in [3.63, 3.8) is 0 Å². The van der Waals surface area contributed by atoms with Crippen LogP contribution in [-0.4, -0.2) is 24.5 Å². The second-order valence-corrected chi connectivity index (χ2v) is 4.73. The van der Waals surface area contributed by atoms with E-state index in [1.165, 1.54) is 38.9 Å². The Labute approximate surface area is 93.2 Å². The zero-order chi connectivity index (χ0) is 10.6. The number of nitrogens with zero attached hydrogens (tertiary/aromatic N) is 1. The molecule has 0 radical (unpaired) electrons. The van der Waals surface area contributed by atoms with E-state index in [4.69, 9.17) is 0 Å². The third-order valence-corrected chi connectivity index (χ3v) is 3.67. The molecule has 1 fully saturated rings. The first-order chi connectivity index (χ1) is 7.35. The highest BCUT2D eigenvalue weighted by molar-refractivity contribution is 5.21. The average molecular weight is 203 g/mol. The summed E-state index contributed by atoms with van der Waals surface area (Å²) in [5.41, 5.74) is 0.233. The monoisotopic (exact) mass is 203 g/mol. The van der Waals surface area contributed by atoms with Gasteiger partial charge in [-0.15, -0.1) is 6.58 Å². The molecule has 0 saturated carbocycles. The Morgan fingerprint density at radius 3 is 2.67 bits per heavy atom. The van der Waals surface area contributed by atoms with E-state index >= 15 is 0 Å². The topological polar surface area (TPSA) is 3.24 Å². The van der Waals surface area contributed by atoms with E-state index in [1.807, 2.05) is 0 Å². The summed E-state index contributed by atoms with van der Waals surface area (Å²) in [6.45, 7) is 7.82. The first-order valence-electron chi connectivity index (χ1n) is 6.05. The van der Waals surface area contributed by atoms with E-state index in [0.29, 0.717) is 0 Å². The van der Waals surface area contributed by atoms with E-state index in [9.17, 15) is 0 Å². The van der Waals surface area contributed by atoms with Gasteiger partial charge in [0.05, 0.1) is 0 Å². The molecule has 0 spiro atoms. The van der Waals surface area contributed by atoms with Crippen LogP contribution in [0.15, 0.2) is 37.0 Å². The third-order valence-electron chi connectivity index (χ3n) is 3.67. The zero-order valence-corrected chi connectivity index (χ0v) is 9.49. The molecular formula is C14H21N. The molecule has 0 aromatic heterocycles. The van der Waals surface area contributed by atoms with Crippen molar-refractivity contribution < 1.29 is 0 Å². The van der Waals surface area contributed by atoms with Crippen LogP contribution in [0.4, 0.5) is 0 Å². The molecule has 0 aromatic rings. The first kappa shape index (κ1) is 10.7. The molecule has 15 heavy (non-hydrogen) atoms. The van der Waals surface area contributed by atoms with Crippen LogP contribution in [0.5, 0.6) is 0 Å². The third kappa shape index (κ3) is 2.60. The molecule has 0 N–H and O–H groups in total. The summed E-state index contributed by atoms with van der Waals surface area (Å²) >= 11 is 0. The summed E-state index contributed by atoms with van der Waals surface area (Å²) in [5.74, 6) is 0. The van der Waals surface area contributed by atoms with Crippen LogP contribution in [0.2, 0.25) is 0 Å². The Morgan fingerprint density at radius 1 is 1.27 bits per heavy atom. The van der Waals surface area contributed by atoms with Crippen LogP contribution in [0.3, 0.4) is 0 Å². The lowest BCUT2D eigenvalue weighted by Crippen LogP contribution is -2.27. The Morgan fingerprint density at radius 2 is 2.07 bits per heavy atom. The maximum absolute atomic E-state index is 4.00. The van der Waals surface area contributed by atoms with E-state index in [-0.39, 0.29) is 5.41 Å². The Balaban J connectivity index is 1.87. The number of hydrogen-bond donors (Lipinski definition) is 0. The summed E-state index contributed by atoms with van der Waals surface area (Å²) in [4.78, 5) is 2.58. The molecule has 82 valence electrons. The lowest BCUT2D eigenvalue weighted by Gasteiger charge is -2.29. The largest absolute Gasteiger partial charge is 0.303 e. The van der Waals surface area contributed by atoms with Crippen molar-refractivity contribution >= 4 is 0 Å². The minimum atomic E-state index is 0.233. The van der Waals surface area contributed by atoms with Crippen molar-refractivity contribution in [3.05, 3.63) is 37.0 Å². The molecule has 1 heteroatoms. The standard InChI is InChI=1S/C14H21N/c1-2-14(8-4-3-5-9-14)10-13-15-11-6-7-12-15/h2-5,8H,1,6-7,9-13H2. The molecular weight excluding hydrogens is 182 g/mol. The predicted octanol–water partition coefficient (Wildman–Crippen LogP) is 3.16. The summed E-state index contributed by atoms with van der Waals surface area (Å²) in [5, 5.41) is 0. The molecule has 1 nitrogen and oxygen atoms in total. The summed E-state index contributed by atoms with van der Waals surface area (Å²) in [6.07, 6.45) is 16.1. The predicted molar refractivity (Wildman–Crippen MR) is 65.8 cm³/mol. The maximum Gasteiger partial charge on any atom is 0.0108 e. The Hall–Kier alpha value is -0.820. The highest BCUT2D eigenvalue weighted by Crippen LogP contribution is 2.33. The first-order valence-corrected chi connectivity index (χ1v) is 6.05. The fourth-order valence-corrected chi connectivity index (χ4v) is 2.49. The molecule has 1 aliphatic heterocycles. The fraction of sp³-hybridized carbons (Fsp3) is 0.571. The molecule has 0 aromatic carbocycles. The zero-order valence-electron chi connectivity index (χ0n) is 9.49. The van der Waals surface area contributed by atoms with Crippen molar-refractivity contribution in [3.8, 4) is 0 Å². The Kier molecular flexibility index (Phi) is 3.42. The SMILES string of the molecule is C=CC1(CCN2CCCC2)C=CC=CC1. The van der Waals surface area contributed by atoms with Crippen molar-refractivity contribution in [2.75, 3.05) is 19.6 Å². The van der Waals surface area contributed by atoms with Crippen LogP contribution in [0, 0.1) is 5.41 Å². The van der Waals surface area contributed by atoms with Crippen LogP contribution >= 0.6 is 0 Å². The number of likely N-dealkylation sites (tertiary alicyclic amines) is 1. The minimum absolute atomic E-state index is 0.233. The lowest BCUT2D eigenvalue weighted by atomic mass is 9.79. The molecule has 1 saturated heterocycles. The van der Waals surface area contributed by atoms with Crippen molar-refractivity contribution in [1.29, 1.82) is 0 Å². The maximum atomic E-state index is 4.00. The second kappa shape index (κ2) is 4.80. The van der Waals surface area contributed by atoms with E-state index < -0.39 is 0 Å². The molecule has 1 heterocycles. The van der Waals surface area contributed by atoms with Gasteiger partial charge < -0.3 is 4.90 Å². The van der Waals surface area contributed by atoms with Gasteiger partial charge in [0.25, 0.3) is 0 Å². The van der Waals surface area contributed by atoms with Gasteiger partial charge in [-0.3, -0.25) is 0 Å². The van der Waals surface area contributed by atoms with E-state index in [1.54, 1.807) is 0 Å². The van der Waals surface area contributed by atoms with Gasteiger partial charge in [0.1, 0.15) is 0 Å². The average Bonchev–Trinajstić information content (AvgIpc) is 2.81. The summed E-state index contributed by atoms with van der Waals surface area (Å²) in [7, 11) is 0. The lowest BCUT2D eigenvalue weighted by molar-refractivity contribution is 0.290. The highest BCUT2D eigenvalue weighted by atomic mass is 15.1. The van der Waals surface area contributed by atoms with Gasteiger partial charge in [-0.05, 0) is 45.3 Å². The molecule has 2 aliphatic rings. The van der Waals surface area contributed by atoms with Crippen LogP contribution in [-0.2, 0) is 0 Å². The molecule has 0 amide bonds. The minimum Gasteiger partial charge on any atom is -0.303 e. The quantitative estimate of drug-likeness (QED) is 0.634. The van der Waals surface area contributed by atoms with Gasteiger partial charge in [-0.25, -0.2) is 0 Å². The van der Waals surface area contributed by atoms with Crippen molar-refractivity contribution in [2.24, 2.45) is 5.41 Å². The van der Waals surface area contributed by atoms with Gasteiger partial charge in [-0.2, -0.15) is 0 Å². The van der Waals surface area contributed by atoms with Crippen LogP contribution in [0.1, 0.15) is 25.7 Å². The normalized spacial score (nSPS) is 30.9. The molecule has 1 unspecified atom stereocenters. The summed E-state index contributed by atoms with van der Waals surface area (Å²) in [6, 6.07) is 0. The molecule has 1 aliphatic carbocycles. The van der Waals surface area contributed by atoms with Gasteiger partial charge in [0.2, 0.25) is 0 Å². The molecule has 0 bridgehead atoms. The van der Waals surface area contributed by atoms with E-state index in [2.05, 4.69) is 41.9 Å². The fourth-order valence-electron chi connectivity index (χ4n) is 2.49. The number of rotatable bonds is 4. The number of hydrogen-bond acceptors (Lipinski definition) is 1. The van der Waals surface area contributed by atoms with Crippen LogP contribution in [0.25, 0.3) is 0 Å². The van der Waals surface area contributed by atoms with Crippen LogP contribution < -0.4 is 0 Å². The Bertz CT molecular complexity index is 271. The van der Waals surface area contributed by atoms with Crippen molar-refractivity contribution in [2.45, 2.75) is 25.7 Å². The van der Waals surface area contributed by atoms with Gasteiger partial charge in [-0.1, -0.05) is 30.4 Å². The molecule has 2 rings (SSSR count). The van der Waals surface area contributed by atoms with E-state index in [0.717, 1.165) is 6.42 Å². The highest BCUT2D eigenvalue weighted by Gasteiger charge is 2.24. The smallest absolute Gasteiger partial charge is 0.0108 e. The van der Waals surface area contributed by atoms with Crippen molar-refractivity contribution in [1.82, 2.24) is 4.90 Å². The van der Waals surface area contributed by atoms with Gasteiger partial charge in [0.15, 0.2) is 0 Å². The van der Waals surface area contributed by atoms with Gasteiger partial charge in [0, 0.05) is 5.41 Å². The second-order valence-electron chi connectivity index (χ2n) is 4.73. The number of allylic oxidation sites excluding steroid dienone is 5. The molecule has 1 atom stereocenters. The summed E-state index contributed by atoms with van der Waals surface area (Å²) < 4.78 is 0. The van der Waals surface area contributed by atoms with Gasteiger partial charge >= 0.3 is 0 Å².